The molecule has 0 heterocycles. The van der Waals surface area contributed by atoms with Crippen LogP contribution >= 0.6 is 15.9 Å². The maximum Gasteiger partial charge on any atom is 0.0597 e. The second-order valence-electron chi connectivity index (χ2n) is 6.07. The van der Waals surface area contributed by atoms with Crippen LogP contribution in [0.5, 0.6) is 0 Å². The van der Waals surface area contributed by atoms with E-state index in [1.54, 1.807) is 0 Å². The first-order valence-corrected chi connectivity index (χ1v) is 8.06. The fourth-order valence-electron chi connectivity index (χ4n) is 3.04. The lowest BCUT2D eigenvalue weighted by atomic mass is 9.82. The predicted molar refractivity (Wildman–Crippen MR) is 88.1 cm³/mol. The Morgan fingerprint density at radius 3 is 2.79 bits per heavy atom. The summed E-state index contributed by atoms with van der Waals surface area (Å²) in [6, 6.07) is 6.45. The smallest absolute Gasteiger partial charge is 0.0597 e. The Morgan fingerprint density at radius 1 is 1.32 bits per heavy atom. The van der Waals surface area contributed by atoms with Crippen molar-refractivity contribution in [3.05, 3.63) is 22.7 Å². The minimum absolute atomic E-state index is 0.831. The van der Waals surface area contributed by atoms with Gasteiger partial charge in [0, 0.05) is 25.1 Å². The van der Waals surface area contributed by atoms with Crippen LogP contribution in [-0.2, 0) is 0 Å². The van der Waals surface area contributed by atoms with Crippen molar-refractivity contribution in [3.63, 3.8) is 0 Å². The molecule has 2 nitrogen and oxygen atoms in total. The van der Waals surface area contributed by atoms with Gasteiger partial charge in [-0.2, -0.15) is 0 Å². The van der Waals surface area contributed by atoms with Gasteiger partial charge >= 0.3 is 0 Å². The van der Waals surface area contributed by atoms with Crippen LogP contribution in [0.1, 0.15) is 32.6 Å². The first-order valence-electron chi connectivity index (χ1n) is 7.27. The van der Waals surface area contributed by atoms with Crippen LogP contribution < -0.4 is 10.2 Å². The molecule has 106 valence electrons. The molecule has 1 aromatic carbocycles. The number of anilines is 2. The van der Waals surface area contributed by atoms with Gasteiger partial charge in [-0.15, -0.1) is 0 Å². The van der Waals surface area contributed by atoms with Crippen molar-refractivity contribution >= 4 is 27.3 Å². The number of halogens is 1. The van der Waals surface area contributed by atoms with E-state index in [1.807, 2.05) is 0 Å². The van der Waals surface area contributed by atoms with Gasteiger partial charge in [-0.25, -0.2) is 0 Å². The van der Waals surface area contributed by atoms with Gasteiger partial charge in [-0.05, 0) is 42.9 Å². The summed E-state index contributed by atoms with van der Waals surface area (Å²) in [7, 11) is 4.19. The number of nitrogens with one attached hydrogen (secondary N) is 1. The van der Waals surface area contributed by atoms with Gasteiger partial charge in [-0.1, -0.05) is 35.7 Å². The molecule has 1 fully saturated rings. The Bertz CT molecular complexity index is 417. The molecule has 2 rings (SSSR count). The van der Waals surface area contributed by atoms with Gasteiger partial charge in [0.15, 0.2) is 0 Å². The fraction of sp³-hybridized carbons (Fsp3) is 0.625. The standard InChI is InChI=1S/C16H25BrN2/c1-12-5-4-6-13(9-12)11-18-15-10-14(17)7-8-16(15)19(2)3/h7-8,10,12-13,18H,4-6,9,11H2,1-3H3. The number of rotatable bonds is 4. The summed E-state index contributed by atoms with van der Waals surface area (Å²) in [5, 5.41) is 3.65. The Morgan fingerprint density at radius 2 is 2.11 bits per heavy atom. The topological polar surface area (TPSA) is 15.3 Å². The van der Waals surface area contributed by atoms with E-state index < -0.39 is 0 Å². The summed E-state index contributed by atoms with van der Waals surface area (Å²) >= 11 is 3.56. The molecule has 0 radical (unpaired) electrons. The van der Waals surface area contributed by atoms with E-state index in [-0.39, 0.29) is 0 Å². The summed E-state index contributed by atoms with van der Waals surface area (Å²) in [4.78, 5) is 2.16. The molecule has 0 bridgehead atoms. The quantitative estimate of drug-likeness (QED) is 0.859. The largest absolute Gasteiger partial charge is 0.383 e. The zero-order chi connectivity index (χ0) is 13.8. The highest BCUT2D eigenvalue weighted by Gasteiger charge is 2.19. The number of benzene rings is 1. The van der Waals surface area contributed by atoms with Crippen LogP contribution in [0.2, 0.25) is 0 Å². The van der Waals surface area contributed by atoms with Gasteiger partial charge in [0.25, 0.3) is 0 Å². The van der Waals surface area contributed by atoms with Crippen LogP contribution in [-0.4, -0.2) is 20.6 Å². The van der Waals surface area contributed by atoms with Crippen LogP contribution in [0.25, 0.3) is 0 Å². The molecule has 0 spiro atoms. The number of hydrogen-bond acceptors (Lipinski definition) is 2. The van der Waals surface area contributed by atoms with Crippen molar-refractivity contribution in [1.82, 2.24) is 0 Å². The maximum absolute atomic E-state index is 3.65. The van der Waals surface area contributed by atoms with Crippen molar-refractivity contribution in [2.75, 3.05) is 30.9 Å². The SMILES string of the molecule is CC1CCCC(CNc2cc(Br)ccc2N(C)C)C1. The molecule has 3 heteroatoms. The van der Waals surface area contributed by atoms with Crippen LogP contribution in [0.15, 0.2) is 22.7 Å². The van der Waals surface area contributed by atoms with E-state index in [2.05, 4.69) is 65.4 Å². The van der Waals surface area contributed by atoms with Gasteiger partial charge in [0.05, 0.1) is 11.4 Å². The van der Waals surface area contributed by atoms with Crippen molar-refractivity contribution < 1.29 is 0 Å². The lowest BCUT2D eigenvalue weighted by molar-refractivity contribution is 0.293. The first kappa shape index (κ1) is 14.7. The van der Waals surface area contributed by atoms with E-state index in [9.17, 15) is 0 Å². The average Bonchev–Trinajstić information content (AvgIpc) is 2.36. The van der Waals surface area contributed by atoms with E-state index in [1.165, 1.54) is 37.1 Å². The minimum Gasteiger partial charge on any atom is -0.383 e. The normalized spacial score (nSPS) is 23.2. The molecule has 2 atom stereocenters. The highest BCUT2D eigenvalue weighted by Crippen LogP contribution is 2.31. The van der Waals surface area contributed by atoms with E-state index in [0.29, 0.717) is 0 Å². The molecule has 1 aliphatic carbocycles. The lowest BCUT2D eigenvalue weighted by Crippen LogP contribution is -2.22. The molecule has 19 heavy (non-hydrogen) atoms. The first-order chi connectivity index (χ1) is 9.06. The van der Waals surface area contributed by atoms with E-state index in [4.69, 9.17) is 0 Å². The molecule has 0 aliphatic heterocycles. The van der Waals surface area contributed by atoms with Gasteiger partial charge in [-0.3, -0.25) is 0 Å². The summed E-state index contributed by atoms with van der Waals surface area (Å²) in [6.07, 6.45) is 5.56. The summed E-state index contributed by atoms with van der Waals surface area (Å²) in [5.41, 5.74) is 2.49. The van der Waals surface area contributed by atoms with Crippen LogP contribution in [0.4, 0.5) is 11.4 Å². The number of hydrogen-bond donors (Lipinski definition) is 1. The molecule has 1 aromatic rings. The average molecular weight is 325 g/mol. The third kappa shape index (κ3) is 4.13. The Kier molecular flexibility index (Phi) is 5.14. The third-order valence-electron chi connectivity index (χ3n) is 4.07. The molecule has 0 saturated heterocycles. The molecular formula is C16H25BrN2. The van der Waals surface area contributed by atoms with Crippen LogP contribution in [0, 0.1) is 11.8 Å². The zero-order valence-electron chi connectivity index (χ0n) is 12.2. The van der Waals surface area contributed by atoms with Gasteiger partial charge < -0.3 is 10.2 Å². The van der Waals surface area contributed by atoms with Crippen molar-refractivity contribution in [2.45, 2.75) is 32.6 Å². The maximum atomic E-state index is 3.65. The molecule has 2 unspecified atom stereocenters. The minimum atomic E-state index is 0.831. The molecule has 1 N–H and O–H groups in total. The van der Waals surface area contributed by atoms with Crippen LogP contribution in [0.3, 0.4) is 0 Å². The third-order valence-corrected chi connectivity index (χ3v) is 4.56. The Labute approximate surface area is 125 Å². The van der Waals surface area contributed by atoms with Gasteiger partial charge in [0.2, 0.25) is 0 Å². The Hall–Kier alpha value is -0.700. The summed E-state index contributed by atoms with van der Waals surface area (Å²) in [5.74, 6) is 1.73. The zero-order valence-corrected chi connectivity index (χ0v) is 13.8. The van der Waals surface area contributed by atoms with Crippen molar-refractivity contribution in [1.29, 1.82) is 0 Å². The molecule has 0 amide bonds. The lowest BCUT2D eigenvalue weighted by Gasteiger charge is -2.28. The van der Waals surface area contributed by atoms with Crippen molar-refractivity contribution in [3.8, 4) is 0 Å². The van der Waals surface area contributed by atoms with E-state index >= 15 is 0 Å². The summed E-state index contributed by atoms with van der Waals surface area (Å²) in [6.45, 7) is 3.48. The highest BCUT2D eigenvalue weighted by molar-refractivity contribution is 9.10. The van der Waals surface area contributed by atoms with E-state index in [0.717, 1.165) is 22.9 Å². The molecule has 0 aromatic heterocycles. The molecular weight excluding hydrogens is 300 g/mol. The van der Waals surface area contributed by atoms with Crippen molar-refractivity contribution in [2.24, 2.45) is 11.8 Å². The summed E-state index contributed by atoms with van der Waals surface area (Å²) < 4.78 is 1.14. The second kappa shape index (κ2) is 6.65. The Balaban J connectivity index is 2.00. The predicted octanol–water partition coefficient (Wildman–Crippen LogP) is 4.75. The van der Waals surface area contributed by atoms with Gasteiger partial charge in [0.1, 0.15) is 0 Å². The molecule has 1 aliphatic rings. The monoisotopic (exact) mass is 324 g/mol. The second-order valence-corrected chi connectivity index (χ2v) is 6.99. The fourth-order valence-corrected chi connectivity index (χ4v) is 3.40. The highest BCUT2D eigenvalue weighted by atomic mass is 79.9. The molecule has 1 saturated carbocycles. The number of nitrogens with zero attached hydrogens (tertiary/aromatic N) is 1.